The van der Waals surface area contributed by atoms with Crippen molar-refractivity contribution in [2.24, 2.45) is 0 Å². The van der Waals surface area contributed by atoms with Crippen LogP contribution in [0.2, 0.25) is 5.02 Å². The molecule has 2 aliphatic heterocycles. The highest BCUT2D eigenvalue weighted by Gasteiger charge is 2.33. The average molecular weight is 409 g/mol. The third kappa shape index (κ3) is 3.81. The molecule has 29 heavy (non-hydrogen) atoms. The Bertz CT molecular complexity index is 977. The first-order valence-corrected chi connectivity index (χ1v) is 11.2. The quantitative estimate of drug-likeness (QED) is 0.595. The molecule has 0 bridgehead atoms. The molecule has 3 aromatic rings. The zero-order valence-electron chi connectivity index (χ0n) is 17.1. The topological polar surface area (TPSA) is 24.3 Å². The van der Waals surface area contributed by atoms with Crippen LogP contribution >= 0.6 is 11.6 Å². The van der Waals surface area contributed by atoms with Gasteiger partial charge >= 0.3 is 0 Å². The van der Waals surface area contributed by atoms with Gasteiger partial charge in [0.15, 0.2) is 0 Å². The third-order valence-corrected chi connectivity index (χ3v) is 6.93. The lowest BCUT2D eigenvalue weighted by molar-refractivity contribution is 0.202. The number of imidazole rings is 1. The van der Waals surface area contributed by atoms with Gasteiger partial charge in [0.2, 0.25) is 0 Å². The van der Waals surface area contributed by atoms with E-state index in [4.69, 9.17) is 16.6 Å². The van der Waals surface area contributed by atoms with Crippen molar-refractivity contribution in [1.29, 1.82) is 0 Å². The monoisotopic (exact) mass is 408 g/mol. The van der Waals surface area contributed by atoms with Gasteiger partial charge < -0.3 is 4.57 Å². The van der Waals surface area contributed by atoms with E-state index in [0.717, 1.165) is 41.5 Å². The number of halogens is 1. The summed E-state index contributed by atoms with van der Waals surface area (Å²) < 4.78 is 2.38. The predicted molar refractivity (Wildman–Crippen MR) is 119 cm³/mol. The molecule has 2 saturated heterocycles. The van der Waals surface area contributed by atoms with Gasteiger partial charge in [0.1, 0.15) is 5.82 Å². The number of hydrogen-bond acceptors (Lipinski definition) is 3. The van der Waals surface area contributed by atoms with Crippen LogP contribution in [0.5, 0.6) is 0 Å². The molecule has 0 N–H and O–H groups in total. The lowest BCUT2D eigenvalue weighted by Crippen LogP contribution is -2.36. The summed E-state index contributed by atoms with van der Waals surface area (Å²) in [5, 5.41) is 0.747. The molecule has 0 amide bonds. The molecule has 3 heterocycles. The summed E-state index contributed by atoms with van der Waals surface area (Å²) in [4.78, 5) is 10.4. The van der Waals surface area contributed by atoms with Gasteiger partial charge in [0, 0.05) is 30.7 Å². The fraction of sp³-hybridized carbons (Fsp3) is 0.458. The molecule has 2 aromatic carbocycles. The van der Waals surface area contributed by atoms with Gasteiger partial charge in [-0.3, -0.25) is 9.80 Å². The molecule has 2 aliphatic rings. The predicted octanol–water partition coefficient (Wildman–Crippen LogP) is 4.97. The van der Waals surface area contributed by atoms with Crippen molar-refractivity contribution >= 4 is 22.6 Å². The van der Waals surface area contributed by atoms with E-state index in [1.165, 1.54) is 37.9 Å². The first-order valence-electron chi connectivity index (χ1n) is 10.9. The van der Waals surface area contributed by atoms with Crippen LogP contribution < -0.4 is 0 Å². The highest BCUT2D eigenvalue weighted by Crippen LogP contribution is 2.31. The van der Waals surface area contributed by atoms with Crippen molar-refractivity contribution in [3.05, 3.63) is 64.9 Å². The number of benzene rings is 2. The minimum absolute atomic E-state index is 0.289. The lowest BCUT2D eigenvalue weighted by Gasteiger charge is -2.27. The smallest absolute Gasteiger partial charge is 0.127 e. The number of fused-ring (bicyclic) bond motifs is 1. The minimum Gasteiger partial charge on any atom is -0.322 e. The van der Waals surface area contributed by atoms with Crippen molar-refractivity contribution in [3.63, 3.8) is 0 Å². The molecular formula is C24H29ClN4. The van der Waals surface area contributed by atoms with E-state index in [1.807, 2.05) is 12.1 Å². The summed E-state index contributed by atoms with van der Waals surface area (Å²) in [5.74, 6) is 1.15. The summed E-state index contributed by atoms with van der Waals surface area (Å²) in [6, 6.07) is 17.7. The summed E-state index contributed by atoms with van der Waals surface area (Å²) >= 11 is 6.27. The van der Waals surface area contributed by atoms with E-state index in [0.29, 0.717) is 6.04 Å². The Hall–Kier alpha value is -1.88. The second-order valence-electron chi connectivity index (χ2n) is 8.53. The fourth-order valence-corrected chi connectivity index (χ4v) is 5.23. The van der Waals surface area contributed by atoms with Crippen LogP contribution in [-0.4, -0.2) is 51.6 Å². The number of nitrogens with zero attached hydrogens (tertiary/aromatic N) is 4. The molecule has 1 aromatic heterocycles. The Kier molecular flexibility index (Phi) is 5.33. The van der Waals surface area contributed by atoms with E-state index in [1.54, 1.807) is 0 Å². The molecule has 5 heteroatoms. The van der Waals surface area contributed by atoms with E-state index >= 15 is 0 Å². The average Bonchev–Trinajstić information content (AvgIpc) is 3.48. The Morgan fingerprint density at radius 3 is 2.66 bits per heavy atom. The van der Waals surface area contributed by atoms with Crippen LogP contribution in [0.15, 0.2) is 48.5 Å². The maximum absolute atomic E-state index is 6.27. The van der Waals surface area contributed by atoms with Crippen molar-refractivity contribution in [3.8, 4) is 0 Å². The van der Waals surface area contributed by atoms with Gasteiger partial charge in [-0.15, -0.1) is 0 Å². The van der Waals surface area contributed by atoms with Gasteiger partial charge in [-0.2, -0.15) is 0 Å². The Balaban J connectivity index is 1.46. The maximum atomic E-state index is 6.27. The molecule has 2 atom stereocenters. The van der Waals surface area contributed by atoms with Crippen molar-refractivity contribution < 1.29 is 0 Å². The molecule has 152 valence electrons. The second kappa shape index (κ2) is 8.10. The van der Waals surface area contributed by atoms with Crippen LogP contribution in [0.3, 0.4) is 0 Å². The van der Waals surface area contributed by atoms with Crippen LogP contribution in [-0.2, 0) is 6.54 Å². The van der Waals surface area contributed by atoms with Crippen LogP contribution in [0.4, 0.5) is 0 Å². The zero-order chi connectivity index (χ0) is 19.8. The highest BCUT2D eigenvalue weighted by atomic mass is 35.5. The van der Waals surface area contributed by atoms with Crippen molar-refractivity contribution in [1.82, 2.24) is 19.4 Å². The Morgan fingerprint density at radius 1 is 1.07 bits per heavy atom. The van der Waals surface area contributed by atoms with Crippen LogP contribution in [0.25, 0.3) is 11.0 Å². The van der Waals surface area contributed by atoms with Gasteiger partial charge in [0.25, 0.3) is 0 Å². The van der Waals surface area contributed by atoms with Gasteiger partial charge in [-0.05, 0) is 63.0 Å². The summed E-state index contributed by atoms with van der Waals surface area (Å²) in [6.45, 7) is 8.00. The molecule has 0 radical (unpaired) electrons. The molecule has 2 unspecified atom stereocenters. The lowest BCUT2D eigenvalue weighted by atomic mass is 10.2. The van der Waals surface area contributed by atoms with Crippen molar-refractivity contribution in [2.75, 3.05) is 26.2 Å². The highest BCUT2D eigenvalue weighted by molar-refractivity contribution is 6.31. The molecule has 0 saturated carbocycles. The van der Waals surface area contributed by atoms with E-state index in [9.17, 15) is 0 Å². The minimum atomic E-state index is 0.289. The SMILES string of the molecule is CC(c1nc2cc(Cl)ccc2n1Cc1ccccc1)N1CCC(N2CCCC2)C1. The van der Waals surface area contributed by atoms with Gasteiger partial charge in [0.05, 0.1) is 17.1 Å². The Labute approximate surface area is 178 Å². The molecule has 2 fully saturated rings. The number of rotatable bonds is 5. The largest absolute Gasteiger partial charge is 0.322 e. The first-order chi connectivity index (χ1) is 14.2. The Morgan fingerprint density at radius 2 is 1.86 bits per heavy atom. The van der Waals surface area contributed by atoms with Crippen LogP contribution in [0, 0.1) is 0 Å². The fourth-order valence-electron chi connectivity index (χ4n) is 5.06. The molecular weight excluding hydrogens is 380 g/mol. The van der Waals surface area contributed by atoms with Crippen LogP contribution in [0.1, 0.15) is 43.6 Å². The second-order valence-corrected chi connectivity index (χ2v) is 8.97. The molecule has 0 aliphatic carbocycles. The van der Waals surface area contributed by atoms with Crippen molar-refractivity contribution in [2.45, 2.75) is 44.8 Å². The number of aromatic nitrogens is 2. The summed E-state index contributed by atoms with van der Waals surface area (Å²) in [7, 11) is 0. The summed E-state index contributed by atoms with van der Waals surface area (Å²) in [5.41, 5.74) is 3.45. The third-order valence-electron chi connectivity index (χ3n) is 6.70. The number of likely N-dealkylation sites (tertiary alicyclic amines) is 2. The maximum Gasteiger partial charge on any atom is 0.127 e. The van der Waals surface area contributed by atoms with E-state index in [-0.39, 0.29) is 6.04 Å². The first kappa shape index (κ1) is 19.1. The molecule has 5 rings (SSSR count). The van der Waals surface area contributed by atoms with Gasteiger partial charge in [-0.25, -0.2) is 4.98 Å². The van der Waals surface area contributed by atoms with Gasteiger partial charge in [-0.1, -0.05) is 41.9 Å². The molecule has 4 nitrogen and oxygen atoms in total. The standard InChI is InChI=1S/C24H29ClN4/c1-18(28-14-11-21(17-28)27-12-5-6-13-27)24-26-22-15-20(25)9-10-23(22)29(24)16-19-7-3-2-4-8-19/h2-4,7-10,15,18,21H,5-6,11-14,16-17H2,1H3. The van der Waals surface area contributed by atoms with E-state index in [2.05, 4.69) is 57.7 Å². The normalized spacial score (nSPS) is 21.9. The summed E-state index contributed by atoms with van der Waals surface area (Å²) in [6.07, 6.45) is 3.99. The molecule has 0 spiro atoms. The van der Waals surface area contributed by atoms with E-state index < -0.39 is 0 Å². The zero-order valence-corrected chi connectivity index (χ0v) is 17.9. The number of hydrogen-bond donors (Lipinski definition) is 0.